The van der Waals surface area contributed by atoms with Crippen LogP contribution in [0.5, 0.6) is 0 Å². The van der Waals surface area contributed by atoms with Crippen LogP contribution in [0.1, 0.15) is 13.8 Å². The topological polar surface area (TPSA) is 57.6 Å². The van der Waals surface area contributed by atoms with E-state index in [1.54, 1.807) is 0 Å². The summed E-state index contributed by atoms with van der Waals surface area (Å²) in [6.07, 6.45) is 0. The number of hydrogen-bond donors (Lipinski definition) is 1. The first-order valence-corrected chi connectivity index (χ1v) is 7.24. The Morgan fingerprint density at radius 1 is 1.43 bits per heavy atom. The average molecular weight is 282 g/mol. The van der Waals surface area contributed by atoms with Gasteiger partial charge in [-0.1, -0.05) is 0 Å². The Balaban J connectivity index is 3.76. The van der Waals surface area contributed by atoms with Crippen molar-refractivity contribution in [2.24, 2.45) is 0 Å². The van der Waals surface area contributed by atoms with Crippen LogP contribution in [0, 0.1) is 0 Å². The summed E-state index contributed by atoms with van der Waals surface area (Å²) < 4.78 is 30.2. The molecular formula is C6H13Cl2NO3S2. The maximum atomic E-state index is 10.4. The lowest BCUT2D eigenvalue weighted by molar-refractivity contribution is 0.399. The van der Waals surface area contributed by atoms with Crippen LogP contribution in [0.25, 0.3) is 0 Å². The molecule has 1 N–H and O–H groups in total. The molecule has 0 aliphatic rings. The van der Waals surface area contributed by atoms with Gasteiger partial charge in [0, 0.05) is 11.5 Å². The SMILES string of the molecule is CC(C)(CSCCS(=O)(=O)O)N(Cl)Cl. The van der Waals surface area contributed by atoms with E-state index in [0.717, 1.165) is 3.94 Å². The predicted octanol–water partition coefficient (Wildman–Crippen LogP) is 2.00. The second-order valence-electron chi connectivity index (χ2n) is 3.38. The lowest BCUT2D eigenvalue weighted by atomic mass is 10.1. The first-order chi connectivity index (χ1) is 6.15. The molecule has 0 fully saturated rings. The highest BCUT2D eigenvalue weighted by molar-refractivity contribution is 8.00. The maximum Gasteiger partial charge on any atom is 0.265 e. The van der Waals surface area contributed by atoms with Gasteiger partial charge >= 0.3 is 0 Å². The van der Waals surface area contributed by atoms with Gasteiger partial charge in [0.2, 0.25) is 0 Å². The third-order valence-corrected chi connectivity index (χ3v) is 4.70. The Morgan fingerprint density at radius 2 is 1.93 bits per heavy atom. The first kappa shape index (κ1) is 14.8. The summed E-state index contributed by atoms with van der Waals surface area (Å²) >= 11 is 12.5. The van der Waals surface area contributed by atoms with Crippen molar-refractivity contribution < 1.29 is 13.0 Å². The number of halogens is 2. The fourth-order valence-electron chi connectivity index (χ4n) is 0.535. The zero-order valence-corrected chi connectivity index (χ0v) is 11.0. The van der Waals surface area contributed by atoms with Gasteiger partial charge in [-0.25, -0.2) is 0 Å². The van der Waals surface area contributed by atoms with E-state index in [-0.39, 0.29) is 5.75 Å². The van der Waals surface area contributed by atoms with Crippen molar-refractivity contribution in [3.8, 4) is 0 Å². The number of nitrogens with zero attached hydrogens (tertiary/aromatic N) is 1. The smallest absolute Gasteiger partial charge is 0.265 e. The third-order valence-electron chi connectivity index (χ3n) is 1.40. The fraction of sp³-hybridized carbons (Fsp3) is 1.00. The zero-order valence-electron chi connectivity index (χ0n) is 7.90. The van der Waals surface area contributed by atoms with Crippen molar-refractivity contribution in [1.82, 2.24) is 3.94 Å². The van der Waals surface area contributed by atoms with Crippen LogP contribution < -0.4 is 0 Å². The molecule has 0 atom stereocenters. The van der Waals surface area contributed by atoms with E-state index in [1.807, 2.05) is 13.8 Å². The van der Waals surface area contributed by atoms with Gasteiger partial charge in [-0.3, -0.25) is 4.55 Å². The van der Waals surface area contributed by atoms with E-state index in [4.69, 9.17) is 28.1 Å². The molecule has 0 unspecified atom stereocenters. The minimum absolute atomic E-state index is 0.252. The van der Waals surface area contributed by atoms with Gasteiger partial charge in [0.15, 0.2) is 0 Å². The monoisotopic (exact) mass is 281 g/mol. The number of hydrogen-bond acceptors (Lipinski definition) is 4. The molecule has 0 aromatic heterocycles. The van der Waals surface area contributed by atoms with Crippen LogP contribution in [0.3, 0.4) is 0 Å². The van der Waals surface area contributed by atoms with Crippen LogP contribution in [-0.2, 0) is 10.1 Å². The molecule has 14 heavy (non-hydrogen) atoms. The summed E-state index contributed by atoms with van der Waals surface area (Å²) in [4.78, 5) is 0. The van der Waals surface area contributed by atoms with Crippen LogP contribution in [0.2, 0.25) is 0 Å². The van der Waals surface area contributed by atoms with Gasteiger partial charge in [-0.05, 0) is 37.4 Å². The number of rotatable bonds is 6. The molecule has 8 heteroatoms. The quantitative estimate of drug-likeness (QED) is 0.459. The van der Waals surface area contributed by atoms with Crippen LogP contribution >= 0.6 is 35.3 Å². The molecule has 0 saturated carbocycles. The van der Waals surface area contributed by atoms with Crippen molar-refractivity contribution in [2.75, 3.05) is 17.3 Å². The van der Waals surface area contributed by atoms with Crippen molar-refractivity contribution in [3.05, 3.63) is 0 Å². The van der Waals surface area contributed by atoms with Crippen molar-refractivity contribution in [3.63, 3.8) is 0 Å². The van der Waals surface area contributed by atoms with Crippen molar-refractivity contribution >= 4 is 45.4 Å². The zero-order chi connectivity index (χ0) is 11.4. The van der Waals surface area contributed by atoms with Gasteiger partial charge in [0.1, 0.15) is 0 Å². The van der Waals surface area contributed by atoms with Gasteiger partial charge in [0.05, 0.1) is 11.3 Å². The van der Waals surface area contributed by atoms with Crippen molar-refractivity contribution in [1.29, 1.82) is 0 Å². The van der Waals surface area contributed by atoms with Crippen LogP contribution in [-0.4, -0.2) is 39.7 Å². The van der Waals surface area contributed by atoms with Crippen LogP contribution in [0.4, 0.5) is 0 Å². The number of thioether (sulfide) groups is 1. The predicted molar refractivity (Wildman–Crippen MR) is 61.4 cm³/mol. The summed E-state index contributed by atoms with van der Waals surface area (Å²) in [6, 6.07) is 0. The summed E-state index contributed by atoms with van der Waals surface area (Å²) in [5.41, 5.74) is -0.424. The van der Waals surface area contributed by atoms with Gasteiger partial charge in [-0.15, -0.1) is 3.94 Å². The van der Waals surface area contributed by atoms with Gasteiger partial charge in [-0.2, -0.15) is 20.2 Å². The molecule has 0 aliphatic heterocycles. The molecule has 0 bridgehead atoms. The average Bonchev–Trinajstić information content (AvgIpc) is 1.96. The van der Waals surface area contributed by atoms with E-state index in [0.29, 0.717) is 11.5 Å². The van der Waals surface area contributed by atoms with Crippen molar-refractivity contribution in [2.45, 2.75) is 19.4 Å². The second kappa shape index (κ2) is 5.77. The Hall–Kier alpha value is 0.800. The van der Waals surface area contributed by atoms with E-state index < -0.39 is 15.7 Å². The molecule has 0 spiro atoms. The Bertz CT molecular complexity index is 266. The standard InChI is InChI=1S/C6H13Cl2NO3S2/c1-6(2,9(7)8)5-13-3-4-14(10,11)12/h3-5H2,1-2H3,(H,10,11,12). The molecule has 0 aliphatic carbocycles. The molecule has 0 saturated heterocycles. The molecular weight excluding hydrogens is 269 g/mol. The highest BCUT2D eigenvalue weighted by Gasteiger charge is 2.24. The van der Waals surface area contributed by atoms with Gasteiger partial charge in [0.25, 0.3) is 10.1 Å². The molecule has 0 heterocycles. The Labute approximate surface area is 98.9 Å². The summed E-state index contributed by atoms with van der Waals surface area (Å²) in [6.45, 7) is 3.65. The molecule has 0 rings (SSSR count). The van der Waals surface area contributed by atoms with E-state index in [1.165, 1.54) is 11.8 Å². The largest absolute Gasteiger partial charge is 0.286 e. The lowest BCUT2D eigenvalue weighted by Crippen LogP contribution is -2.34. The van der Waals surface area contributed by atoms with E-state index in [2.05, 4.69) is 0 Å². The third kappa shape index (κ3) is 7.14. The molecule has 86 valence electrons. The summed E-state index contributed by atoms with van der Waals surface area (Å²) in [5, 5.41) is 0. The molecule has 0 amide bonds. The first-order valence-electron chi connectivity index (χ1n) is 3.80. The minimum Gasteiger partial charge on any atom is -0.286 e. The fourth-order valence-corrected chi connectivity index (χ4v) is 2.88. The van der Waals surface area contributed by atoms with E-state index >= 15 is 0 Å². The maximum absolute atomic E-state index is 10.4. The Kier molecular flexibility index (Phi) is 6.10. The van der Waals surface area contributed by atoms with Crippen LogP contribution in [0.15, 0.2) is 0 Å². The molecule has 0 radical (unpaired) electrons. The lowest BCUT2D eigenvalue weighted by Gasteiger charge is -2.26. The van der Waals surface area contributed by atoms with E-state index in [9.17, 15) is 8.42 Å². The van der Waals surface area contributed by atoms with Gasteiger partial charge < -0.3 is 0 Å². The summed E-state index contributed by atoms with van der Waals surface area (Å²) in [5.74, 6) is 0.651. The molecule has 4 nitrogen and oxygen atoms in total. The second-order valence-corrected chi connectivity index (χ2v) is 6.91. The molecule has 0 aromatic carbocycles. The Morgan fingerprint density at radius 3 is 2.29 bits per heavy atom. The normalized spacial score (nSPS) is 13.6. The summed E-state index contributed by atoms with van der Waals surface area (Å²) in [7, 11) is -3.86. The minimum atomic E-state index is -3.86. The highest BCUT2D eigenvalue weighted by atomic mass is 35.5. The highest BCUT2D eigenvalue weighted by Crippen LogP contribution is 2.24. The molecule has 0 aromatic rings.